The van der Waals surface area contributed by atoms with Gasteiger partial charge in [-0.1, -0.05) is 26.8 Å². The molecule has 0 bridgehead atoms. The number of likely N-dealkylation sites (N-methyl/N-ethyl adjacent to an activating group) is 1. The van der Waals surface area contributed by atoms with Gasteiger partial charge in [0.05, 0.1) is 10.5 Å². The smallest absolute Gasteiger partial charge is 0.271 e. The minimum Gasteiger partial charge on any atom is -0.361 e. The SMILES string of the molecule is Cc1nc(C(=O)N[C@]2(C)CC3c4cc(C(C)(C)C)cc5[nH]cc(c45)C[C@H]3N(C)C2)cs1. The molecule has 1 saturated heterocycles. The van der Waals surface area contributed by atoms with Crippen LogP contribution < -0.4 is 5.32 Å². The molecule has 3 atom stereocenters. The van der Waals surface area contributed by atoms with Gasteiger partial charge < -0.3 is 15.2 Å². The molecule has 1 aromatic carbocycles. The van der Waals surface area contributed by atoms with E-state index < -0.39 is 0 Å². The number of fused-ring (bicyclic) bond motifs is 2. The van der Waals surface area contributed by atoms with Crippen LogP contribution in [0.5, 0.6) is 0 Å². The summed E-state index contributed by atoms with van der Waals surface area (Å²) in [6.45, 7) is 11.8. The number of likely N-dealkylation sites (tertiary alicyclic amines) is 1. The molecule has 2 aliphatic rings. The zero-order chi connectivity index (χ0) is 22.1. The molecule has 2 N–H and O–H groups in total. The van der Waals surface area contributed by atoms with Crippen LogP contribution in [-0.4, -0.2) is 45.9 Å². The average Bonchev–Trinajstić information content (AvgIpc) is 3.29. The molecule has 6 heteroatoms. The van der Waals surface area contributed by atoms with Gasteiger partial charge >= 0.3 is 0 Å². The lowest BCUT2D eigenvalue weighted by atomic mass is 9.69. The second-order valence-corrected chi connectivity index (χ2v) is 11.9. The number of aromatic amines is 1. The molecule has 5 nitrogen and oxygen atoms in total. The van der Waals surface area contributed by atoms with Crippen molar-refractivity contribution in [1.29, 1.82) is 0 Å². The Morgan fingerprint density at radius 2 is 2.13 bits per heavy atom. The lowest BCUT2D eigenvalue weighted by Crippen LogP contribution is -2.61. The minimum absolute atomic E-state index is 0.0644. The molecular weight excluding hydrogens is 404 g/mol. The maximum atomic E-state index is 12.9. The summed E-state index contributed by atoms with van der Waals surface area (Å²) in [4.78, 5) is 23.3. The van der Waals surface area contributed by atoms with Gasteiger partial charge in [-0.15, -0.1) is 11.3 Å². The summed E-state index contributed by atoms with van der Waals surface area (Å²) in [5, 5.41) is 7.51. The Labute approximate surface area is 188 Å². The first kappa shape index (κ1) is 20.7. The maximum absolute atomic E-state index is 12.9. The Hall–Kier alpha value is -2.18. The van der Waals surface area contributed by atoms with Gasteiger partial charge in [0.1, 0.15) is 5.69 Å². The summed E-state index contributed by atoms with van der Waals surface area (Å²) in [6.07, 6.45) is 4.19. The predicted molar refractivity (Wildman–Crippen MR) is 127 cm³/mol. The number of rotatable bonds is 2. The number of amides is 1. The normalized spacial score (nSPS) is 26.1. The molecule has 2 aromatic heterocycles. The number of aromatic nitrogens is 2. The van der Waals surface area contributed by atoms with Gasteiger partial charge in [0.2, 0.25) is 0 Å². The molecule has 0 radical (unpaired) electrons. The van der Waals surface area contributed by atoms with Gasteiger partial charge in [-0.05, 0) is 61.9 Å². The van der Waals surface area contributed by atoms with E-state index in [1.54, 1.807) is 0 Å². The van der Waals surface area contributed by atoms with E-state index in [9.17, 15) is 4.79 Å². The molecule has 0 spiro atoms. The summed E-state index contributed by atoms with van der Waals surface area (Å²) in [6, 6.07) is 5.20. The summed E-state index contributed by atoms with van der Waals surface area (Å²) >= 11 is 1.52. The van der Waals surface area contributed by atoms with Crippen molar-refractivity contribution in [3.63, 3.8) is 0 Å². The molecule has 0 saturated carbocycles. The highest BCUT2D eigenvalue weighted by Crippen LogP contribution is 2.46. The van der Waals surface area contributed by atoms with Gasteiger partial charge in [-0.2, -0.15) is 0 Å². The van der Waals surface area contributed by atoms with Crippen molar-refractivity contribution in [3.05, 3.63) is 51.1 Å². The van der Waals surface area contributed by atoms with Crippen LogP contribution in [0.2, 0.25) is 0 Å². The molecule has 1 amide bonds. The third-order valence-corrected chi connectivity index (χ3v) is 7.93. The van der Waals surface area contributed by atoms with E-state index in [1.165, 1.54) is 38.9 Å². The van der Waals surface area contributed by atoms with Crippen LogP contribution in [0.15, 0.2) is 23.7 Å². The number of nitrogens with one attached hydrogen (secondary N) is 2. The van der Waals surface area contributed by atoms with Crippen molar-refractivity contribution in [2.45, 2.75) is 70.4 Å². The van der Waals surface area contributed by atoms with Crippen LogP contribution in [-0.2, 0) is 11.8 Å². The molecular formula is C25H32N4OS. The fourth-order valence-electron chi connectivity index (χ4n) is 5.66. The fourth-order valence-corrected chi connectivity index (χ4v) is 6.25. The van der Waals surface area contributed by atoms with Gasteiger partial charge in [-0.3, -0.25) is 4.79 Å². The first-order valence-electron chi connectivity index (χ1n) is 11.1. The van der Waals surface area contributed by atoms with E-state index in [1.807, 2.05) is 12.3 Å². The lowest BCUT2D eigenvalue weighted by molar-refractivity contribution is 0.0647. The number of carbonyl (C=O) groups is 1. The van der Waals surface area contributed by atoms with Gasteiger partial charge in [0.15, 0.2) is 0 Å². The van der Waals surface area contributed by atoms with E-state index >= 15 is 0 Å². The number of benzene rings is 1. The monoisotopic (exact) mass is 436 g/mol. The Bertz CT molecular complexity index is 1170. The second kappa shape index (κ2) is 6.91. The zero-order valence-electron chi connectivity index (χ0n) is 19.3. The van der Waals surface area contributed by atoms with Crippen LogP contribution in [0.25, 0.3) is 10.9 Å². The molecule has 3 heterocycles. The number of nitrogens with zero attached hydrogens (tertiary/aromatic N) is 2. The van der Waals surface area contributed by atoms with E-state index in [4.69, 9.17) is 0 Å². The number of piperidine rings is 1. The van der Waals surface area contributed by atoms with Crippen molar-refractivity contribution < 1.29 is 4.79 Å². The predicted octanol–water partition coefficient (Wildman–Crippen LogP) is 4.76. The van der Waals surface area contributed by atoms with E-state index in [-0.39, 0.29) is 16.9 Å². The highest BCUT2D eigenvalue weighted by Gasteiger charge is 2.45. The van der Waals surface area contributed by atoms with Crippen LogP contribution in [0.3, 0.4) is 0 Å². The largest absolute Gasteiger partial charge is 0.361 e. The number of H-pyrrole nitrogens is 1. The third-order valence-electron chi connectivity index (χ3n) is 7.15. The highest BCUT2D eigenvalue weighted by molar-refractivity contribution is 7.09. The molecule has 1 aliphatic heterocycles. The first-order chi connectivity index (χ1) is 14.5. The standard InChI is InChI=1S/C25H32N4OS/c1-14-27-20(12-31-14)23(30)28-25(5)10-18-17-8-16(24(2,3)4)9-19-22(17)15(11-26-19)7-21(18)29(6)13-25/h8-9,11-12,18,21,26H,7,10,13H2,1-6H3,(H,28,30)/t18?,21-,25-/m1/s1. The Morgan fingerprint density at radius 3 is 2.81 bits per heavy atom. The van der Waals surface area contributed by atoms with E-state index in [0.29, 0.717) is 17.7 Å². The first-order valence-corrected chi connectivity index (χ1v) is 12.0. The Kier molecular flexibility index (Phi) is 4.61. The summed E-state index contributed by atoms with van der Waals surface area (Å²) in [5.74, 6) is 0.319. The molecule has 5 rings (SSSR count). The number of hydrogen-bond acceptors (Lipinski definition) is 4. The van der Waals surface area contributed by atoms with Crippen molar-refractivity contribution in [1.82, 2.24) is 20.2 Å². The third kappa shape index (κ3) is 3.50. The van der Waals surface area contributed by atoms with Crippen molar-refractivity contribution >= 4 is 28.1 Å². The van der Waals surface area contributed by atoms with Crippen LogP contribution in [0, 0.1) is 6.92 Å². The van der Waals surface area contributed by atoms with Gasteiger partial charge in [0.25, 0.3) is 5.91 Å². The molecule has 31 heavy (non-hydrogen) atoms. The van der Waals surface area contributed by atoms with Crippen LogP contribution in [0.1, 0.15) is 72.2 Å². The van der Waals surface area contributed by atoms with Crippen molar-refractivity contribution in [2.24, 2.45) is 0 Å². The molecule has 164 valence electrons. The highest BCUT2D eigenvalue weighted by atomic mass is 32.1. The Balaban J connectivity index is 1.53. The zero-order valence-corrected chi connectivity index (χ0v) is 20.1. The topological polar surface area (TPSA) is 61.0 Å². The van der Waals surface area contributed by atoms with Crippen molar-refractivity contribution in [3.8, 4) is 0 Å². The fraction of sp³-hybridized carbons (Fsp3) is 0.520. The lowest BCUT2D eigenvalue weighted by Gasteiger charge is -2.50. The van der Waals surface area contributed by atoms with Gasteiger partial charge in [0, 0.05) is 41.0 Å². The summed E-state index contributed by atoms with van der Waals surface area (Å²) in [7, 11) is 2.21. The number of hydrogen-bond donors (Lipinski definition) is 2. The maximum Gasteiger partial charge on any atom is 0.271 e. The van der Waals surface area contributed by atoms with Crippen LogP contribution in [0.4, 0.5) is 0 Å². The van der Waals surface area contributed by atoms with Crippen molar-refractivity contribution in [2.75, 3.05) is 13.6 Å². The quantitative estimate of drug-likeness (QED) is 0.609. The second-order valence-electron chi connectivity index (χ2n) is 10.8. The minimum atomic E-state index is -0.303. The Morgan fingerprint density at radius 1 is 1.35 bits per heavy atom. The van der Waals surface area contributed by atoms with Crippen LogP contribution >= 0.6 is 11.3 Å². The molecule has 1 fully saturated rings. The van der Waals surface area contributed by atoms with E-state index in [0.717, 1.165) is 24.4 Å². The average molecular weight is 437 g/mol. The molecule has 1 unspecified atom stereocenters. The molecule has 3 aromatic rings. The summed E-state index contributed by atoms with van der Waals surface area (Å²) < 4.78 is 0. The van der Waals surface area contributed by atoms with E-state index in [2.05, 4.69) is 73.3 Å². The number of aryl methyl sites for hydroxylation is 1. The number of thiazole rings is 1. The van der Waals surface area contributed by atoms with Gasteiger partial charge in [-0.25, -0.2) is 4.98 Å². The summed E-state index contributed by atoms with van der Waals surface area (Å²) in [5.41, 5.74) is 5.78. The molecule has 1 aliphatic carbocycles. The number of carbonyl (C=O) groups excluding carboxylic acids is 1.